The Bertz CT molecular complexity index is 416. The Kier molecular flexibility index (Phi) is 3.32. The van der Waals surface area contributed by atoms with Gasteiger partial charge in [-0.1, -0.05) is 0 Å². The maximum atomic E-state index is 12.3. The molecule has 5 nitrogen and oxygen atoms in total. The maximum absolute atomic E-state index is 12.3. The van der Waals surface area contributed by atoms with Crippen LogP contribution in [-0.4, -0.2) is 46.5 Å². The van der Waals surface area contributed by atoms with E-state index in [0.29, 0.717) is 11.7 Å². The monoisotopic (exact) mass is 248 g/mol. The van der Waals surface area contributed by atoms with E-state index in [0.717, 1.165) is 45.4 Å². The van der Waals surface area contributed by atoms with E-state index in [1.807, 2.05) is 11.1 Å². The summed E-state index contributed by atoms with van der Waals surface area (Å²) in [5.41, 5.74) is 0.601. The highest BCUT2D eigenvalue weighted by atomic mass is 16.2. The van der Waals surface area contributed by atoms with Gasteiger partial charge in [0.15, 0.2) is 0 Å². The summed E-state index contributed by atoms with van der Waals surface area (Å²) in [4.78, 5) is 18.5. The minimum atomic E-state index is 0.0967. The zero-order chi connectivity index (χ0) is 12.4. The lowest BCUT2D eigenvalue weighted by atomic mass is 10.1. The number of imidazole rings is 1. The number of carbonyl (C=O) groups is 1. The third kappa shape index (κ3) is 2.27. The summed E-state index contributed by atoms with van der Waals surface area (Å²) >= 11 is 0. The van der Waals surface area contributed by atoms with Gasteiger partial charge in [0.05, 0.1) is 6.33 Å². The molecule has 0 aromatic carbocycles. The molecule has 2 saturated heterocycles. The molecule has 1 N–H and O–H groups in total. The molecule has 3 rings (SSSR count). The molecule has 1 atom stereocenters. The van der Waals surface area contributed by atoms with E-state index < -0.39 is 0 Å². The molecule has 1 unspecified atom stereocenters. The van der Waals surface area contributed by atoms with Crippen LogP contribution in [0.5, 0.6) is 0 Å². The number of piperidine rings is 1. The van der Waals surface area contributed by atoms with Crippen molar-refractivity contribution in [1.29, 1.82) is 0 Å². The molecule has 0 aliphatic carbocycles. The minimum absolute atomic E-state index is 0.0967. The largest absolute Gasteiger partial charge is 0.337 e. The average molecular weight is 248 g/mol. The number of nitrogens with one attached hydrogen (secondary N) is 1. The van der Waals surface area contributed by atoms with Gasteiger partial charge in [-0.25, -0.2) is 4.98 Å². The maximum Gasteiger partial charge on any atom is 0.274 e. The number of nitrogens with zero attached hydrogens (tertiary/aromatic N) is 3. The van der Waals surface area contributed by atoms with E-state index in [4.69, 9.17) is 0 Å². The van der Waals surface area contributed by atoms with E-state index in [9.17, 15) is 4.79 Å². The van der Waals surface area contributed by atoms with Gasteiger partial charge < -0.3 is 14.8 Å². The molecule has 0 saturated carbocycles. The molecule has 98 valence electrons. The number of rotatable bonds is 2. The SMILES string of the molecule is O=C(c1cn(C2CCNC2)cn1)N1CCCCC1. The van der Waals surface area contributed by atoms with Gasteiger partial charge in [-0.05, 0) is 32.2 Å². The predicted octanol–water partition coefficient (Wildman–Crippen LogP) is 1.04. The first-order valence-electron chi connectivity index (χ1n) is 6.88. The number of hydrogen-bond donors (Lipinski definition) is 1. The quantitative estimate of drug-likeness (QED) is 0.851. The predicted molar refractivity (Wildman–Crippen MR) is 68.5 cm³/mol. The molecule has 1 amide bonds. The summed E-state index contributed by atoms with van der Waals surface area (Å²) in [6.07, 6.45) is 8.32. The van der Waals surface area contributed by atoms with Crippen LogP contribution in [0, 0.1) is 0 Å². The Morgan fingerprint density at radius 3 is 2.89 bits per heavy atom. The van der Waals surface area contributed by atoms with Crippen molar-refractivity contribution in [3.63, 3.8) is 0 Å². The number of aromatic nitrogens is 2. The van der Waals surface area contributed by atoms with Gasteiger partial charge in [0.1, 0.15) is 5.69 Å². The summed E-state index contributed by atoms with van der Waals surface area (Å²) in [7, 11) is 0. The van der Waals surface area contributed by atoms with E-state index in [1.165, 1.54) is 6.42 Å². The molecule has 18 heavy (non-hydrogen) atoms. The molecule has 2 aliphatic heterocycles. The molecular formula is C13H20N4O. The summed E-state index contributed by atoms with van der Waals surface area (Å²) in [5.74, 6) is 0.0967. The molecule has 0 radical (unpaired) electrons. The second-order valence-electron chi connectivity index (χ2n) is 5.21. The molecule has 1 aromatic heterocycles. The highest BCUT2D eigenvalue weighted by Gasteiger charge is 2.22. The normalized spacial score (nSPS) is 24.4. The molecule has 1 aromatic rings. The second kappa shape index (κ2) is 5.10. The fourth-order valence-corrected chi connectivity index (χ4v) is 2.80. The zero-order valence-corrected chi connectivity index (χ0v) is 10.6. The van der Waals surface area contributed by atoms with Crippen LogP contribution in [0.25, 0.3) is 0 Å². The van der Waals surface area contributed by atoms with Crippen LogP contribution in [0.1, 0.15) is 42.2 Å². The minimum Gasteiger partial charge on any atom is -0.337 e. The fourth-order valence-electron chi connectivity index (χ4n) is 2.80. The Labute approximate surface area is 107 Å². The number of carbonyl (C=O) groups excluding carboxylic acids is 1. The van der Waals surface area contributed by atoms with Gasteiger partial charge in [0, 0.05) is 31.9 Å². The van der Waals surface area contributed by atoms with Crippen LogP contribution in [0.15, 0.2) is 12.5 Å². The summed E-state index contributed by atoms with van der Waals surface area (Å²) < 4.78 is 2.08. The number of hydrogen-bond acceptors (Lipinski definition) is 3. The highest BCUT2D eigenvalue weighted by Crippen LogP contribution is 2.17. The van der Waals surface area contributed by atoms with Gasteiger partial charge in [-0.15, -0.1) is 0 Å². The summed E-state index contributed by atoms with van der Waals surface area (Å²) in [6.45, 7) is 3.80. The lowest BCUT2D eigenvalue weighted by Gasteiger charge is -2.25. The standard InChI is InChI=1S/C13H20N4O/c18-13(16-6-2-1-3-7-16)12-9-17(10-15-12)11-4-5-14-8-11/h9-11,14H,1-8H2. The van der Waals surface area contributed by atoms with E-state index >= 15 is 0 Å². The van der Waals surface area contributed by atoms with Crippen LogP contribution < -0.4 is 5.32 Å². The molecule has 2 aliphatic rings. The third-order valence-electron chi connectivity index (χ3n) is 3.92. The van der Waals surface area contributed by atoms with Gasteiger partial charge in [-0.2, -0.15) is 0 Å². The topological polar surface area (TPSA) is 50.2 Å². The Balaban J connectivity index is 1.69. The van der Waals surface area contributed by atoms with Crippen molar-refractivity contribution < 1.29 is 4.79 Å². The van der Waals surface area contributed by atoms with Crippen molar-refractivity contribution in [1.82, 2.24) is 19.8 Å². The third-order valence-corrected chi connectivity index (χ3v) is 3.92. The molecule has 5 heteroatoms. The Hall–Kier alpha value is -1.36. The van der Waals surface area contributed by atoms with Crippen molar-refractivity contribution >= 4 is 5.91 Å². The molecule has 0 bridgehead atoms. The van der Waals surface area contributed by atoms with Gasteiger partial charge in [0.2, 0.25) is 0 Å². The van der Waals surface area contributed by atoms with E-state index in [1.54, 1.807) is 6.33 Å². The average Bonchev–Trinajstić information content (AvgIpc) is 3.09. The lowest BCUT2D eigenvalue weighted by Crippen LogP contribution is -2.35. The summed E-state index contributed by atoms with van der Waals surface area (Å²) in [6, 6.07) is 0.459. The van der Waals surface area contributed by atoms with Crippen molar-refractivity contribution in [2.24, 2.45) is 0 Å². The van der Waals surface area contributed by atoms with Gasteiger partial charge in [0.25, 0.3) is 5.91 Å². The van der Waals surface area contributed by atoms with Crippen LogP contribution >= 0.6 is 0 Å². The lowest BCUT2D eigenvalue weighted by molar-refractivity contribution is 0.0719. The van der Waals surface area contributed by atoms with Crippen molar-refractivity contribution in [2.75, 3.05) is 26.2 Å². The first-order valence-corrected chi connectivity index (χ1v) is 6.88. The zero-order valence-electron chi connectivity index (χ0n) is 10.6. The first kappa shape index (κ1) is 11.7. The molecule has 0 spiro atoms. The fraction of sp³-hybridized carbons (Fsp3) is 0.692. The highest BCUT2D eigenvalue weighted by molar-refractivity contribution is 5.92. The molecule has 3 heterocycles. The number of likely N-dealkylation sites (tertiary alicyclic amines) is 1. The Morgan fingerprint density at radius 1 is 1.33 bits per heavy atom. The molecular weight excluding hydrogens is 228 g/mol. The van der Waals surface area contributed by atoms with Gasteiger partial charge >= 0.3 is 0 Å². The van der Waals surface area contributed by atoms with Crippen molar-refractivity contribution in [2.45, 2.75) is 31.7 Å². The smallest absolute Gasteiger partial charge is 0.274 e. The summed E-state index contributed by atoms with van der Waals surface area (Å²) in [5, 5.41) is 3.33. The van der Waals surface area contributed by atoms with E-state index in [2.05, 4.69) is 14.9 Å². The number of amides is 1. The first-order chi connectivity index (χ1) is 8.84. The second-order valence-corrected chi connectivity index (χ2v) is 5.21. The molecule has 2 fully saturated rings. The van der Waals surface area contributed by atoms with Crippen LogP contribution in [-0.2, 0) is 0 Å². The van der Waals surface area contributed by atoms with Crippen LogP contribution in [0.2, 0.25) is 0 Å². The van der Waals surface area contributed by atoms with Crippen LogP contribution in [0.3, 0.4) is 0 Å². The van der Waals surface area contributed by atoms with Gasteiger partial charge in [-0.3, -0.25) is 4.79 Å². The van der Waals surface area contributed by atoms with E-state index in [-0.39, 0.29) is 5.91 Å². The Morgan fingerprint density at radius 2 is 2.17 bits per heavy atom. The van der Waals surface area contributed by atoms with Crippen LogP contribution in [0.4, 0.5) is 0 Å². The van der Waals surface area contributed by atoms with Crippen molar-refractivity contribution in [3.05, 3.63) is 18.2 Å². The van der Waals surface area contributed by atoms with Crippen molar-refractivity contribution in [3.8, 4) is 0 Å².